The van der Waals surface area contributed by atoms with Gasteiger partial charge in [-0.3, -0.25) is 4.79 Å². The van der Waals surface area contributed by atoms with Crippen molar-refractivity contribution in [1.29, 1.82) is 0 Å². The van der Waals surface area contributed by atoms with Gasteiger partial charge in [-0.25, -0.2) is 4.79 Å². The van der Waals surface area contributed by atoms with E-state index in [-0.39, 0.29) is 5.91 Å². The Morgan fingerprint density at radius 1 is 1.22 bits per heavy atom. The molecule has 0 saturated heterocycles. The number of amides is 1. The molecule has 1 aromatic heterocycles. The molecule has 0 radical (unpaired) electrons. The third-order valence-electron chi connectivity index (χ3n) is 3.40. The molecule has 2 atom stereocenters. The normalized spacial score (nSPS) is 13.2. The molecule has 2 rings (SSSR count). The van der Waals surface area contributed by atoms with Gasteiger partial charge < -0.3 is 15.2 Å². The van der Waals surface area contributed by atoms with E-state index in [2.05, 4.69) is 21.2 Å². The average molecular weight is 398 g/mol. The van der Waals surface area contributed by atoms with Gasteiger partial charge in [-0.2, -0.15) is 0 Å². The van der Waals surface area contributed by atoms with Gasteiger partial charge in [0.2, 0.25) is 5.91 Å². The minimum absolute atomic E-state index is 0.331. The number of methoxy groups -OCH3 is 1. The van der Waals surface area contributed by atoms with Crippen LogP contribution in [0.5, 0.6) is 5.75 Å². The van der Waals surface area contributed by atoms with Gasteiger partial charge in [0, 0.05) is 4.88 Å². The first-order valence-electron chi connectivity index (χ1n) is 6.84. The lowest BCUT2D eigenvalue weighted by atomic mass is 10.0. The van der Waals surface area contributed by atoms with Crippen molar-refractivity contribution in [1.82, 2.24) is 5.32 Å². The zero-order valence-electron chi connectivity index (χ0n) is 12.6. The van der Waals surface area contributed by atoms with E-state index < -0.39 is 17.9 Å². The van der Waals surface area contributed by atoms with Crippen molar-refractivity contribution in [2.24, 2.45) is 0 Å². The molecular weight excluding hydrogens is 382 g/mol. The van der Waals surface area contributed by atoms with Crippen LogP contribution in [0.15, 0.2) is 40.2 Å². The van der Waals surface area contributed by atoms with E-state index in [0.717, 1.165) is 8.66 Å². The third kappa shape index (κ3) is 4.33. The average Bonchev–Trinajstić information content (AvgIpc) is 2.98. The number of rotatable bonds is 6. The summed E-state index contributed by atoms with van der Waals surface area (Å²) in [6.45, 7) is 1.75. The standard InChI is InChI=1S/C16H16BrNO4S/c1-9(12-7-8-13(17)23-12)15(19)18-14(16(20)21)10-3-5-11(22-2)6-4-10/h3-9,14H,1-2H3,(H,18,19)(H,20,21). The molecule has 5 nitrogen and oxygen atoms in total. The number of benzene rings is 1. The van der Waals surface area contributed by atoms with Crippen molar-refractivity contribution in [2.45, 2.75) is 18.9 Å². The fourth-order valence-corrected chi connectivity index (χ4v) is 3.52. The first kappa shape index (κ1) is 17.5. The molecule has 23 heavy (non-hydrogen) atoms. The monoisotopic (exact) mass is 397 g/mol. The smallest absolute Gasteiger partial charge is 0.330 e. The molecule has 1 amide bonds. The molecule has 0 aliphatic heterocycles. The number of carboxylic acid groups (broad SMARTS) is 1. The Labute approximate surface area is 146 Å². The second kappa shape index (κ2) is 7.61. The highest BCUT2D eigenvalue weighted by Crippen LogP contribution is 2.29. The van der Waals surface area contributed by atoms with Crippen molar-refractivity contribution >= 4 is 39.1 Å². The molecule has 2 aromatic rings. The molecule has 2 unspecified atom stereocenters. The number of halogens is 1. The number of aliphatic carboxylic acids is 1. The largest absolute Gasteiger partial charge is 0.497 e. The van der Waals surface area contributed by atoms with Gasteiger partial charge in [-0.1, -0.05) is 12.1 Å². The van der Waals surface area contributed by atoms with Crippen LogP contribution in [0.25, 0.3) is 0 Å². The van der Waals surface area contributed by atoms with Crippen LogP contribution >= 0.6 is 27.3 Å². The lowest BCUT2D eigenvalue weighted by Gasteiger charge is -2.18. The maximum absolute atomic E-state index is 12.4. The van der Waals surface area contributed by atoms with Gasteiger partial charge in [0.25, 0.3) is 0 Å². The molecule has 0 aliphatic rings. The van der Waals surface area contributed by atoms with Crippen molar-refractivity contribution in [3.05, 3.63) is 50.6 Å². The summed E-state index contributed by atoms with van der Waals surface area (Å²) in [4.78, 5) is 24.7. The summed E-state index contributed by atoms with van der Waals surface area (Å²) >= 11 is 4.81. The summed E-state index contributed by atoms with van der Waals surface area (Å²) in [6.07, 6.45) is 0. The highest BCUT2D eigenvalue weighted by molar-refractivity contribution is 9.11. The number of carboxylic acids is 1. The molecule has 7 heteroatoms. The number of hydrogen-bond donors (Lipinski definition) is 2. The molecule has 122 valence electrons. The van der Waals surface area contributed by atoms with Crippen molar-refractivity contribution in [3.8, 4) is 5.75 Å². The minimum atomic E-state index is -1.11. The number of nitrogens with one attached hydrogen (secondary N) is 1. The molecular formula is C16H16BrNO4S. The van der Waals surface area contributed by atoms with Gasteiger partial charge >= 0.3 is 5.97 Å². The van der Waals surface area contributed by atoms with Crippen LogP contribution in [0.4, 0.5) is 0 Å². The molecule has 0 aliphatic carbocycles. The van der Waals surface area contributed by atoms with E-state index in [1.165, 1.54) is 18.4 Å². The Bertz CT molecular complexity index is 698. The maximum Gasteiger partial charge on any atom is 0.330 e. The molecule has 2 N–H and O–H groups in total. The quantitative estimate of drug-likeness (QED) is 0.780. The van der Waals surface area contributed by atoms with E-state index >= 15 is 0 Å². The Morgan fingerprint density at radius 2 is 1.87 bits per heavy atom. The van der Waals surface area contributed by atoms with Crippen molar-refractivity contribution < 1.29 is 19.4 Å². The topological polar surface area (TPSA) is 75.6 Å². The van der Waals surface area contributed by atoms with Crippen LogP contribution in [0.2, 0.25) is 0 Å². The summed E-state index contributed by atoms with van der Waals surface area (Å²) in [7, 11) is 1.53. The Morgan fingerprint density at radius 3 is 2.35 bits per heavy atom. The Kier molecular flexibility index (Phi) is 5.79. The molecule has 0 fully saturated rings. The summed E-state index contributed by atoms with van der Waals surface area (Å²) in [5.74, 6) is -1.24. The predicted octanol–water partition coefficient (Wildman–Crippen LogP) is 3.56. The number of hydrogen-bond acceptors (Lipinski definition) is 4. The SMILES string of the molecule is COc1ccc(C(NC(=O)C(C)c2ccc(Br)s2)C(=O)O)cc1. The predicted molar refractivity (Wildman–Crippen MR) is 91.9 cm³/mol. The second-order valence-electron chi connectivity index (χ2n) is 4.92. The van der Waals surface area contributed by atoms with Gasteiger partial charge in [-0.05, 0) is 52.7 Å². The Balaban J connectivity index is 2.15. The van der Waals surface area contributed by atoms with Crippen LogP contribution in [0, 0.1) is 0 Å². The van der Waals surface area contributed by atoms with Crippen LogP contribution < -0.4 is 10.1 Å². The fourth-order valence-electron chi connectivity index (χ4n) is 2.04. The summed E-state index contributed by atoms with van der Waals surface area (Å²) < 4.78 is 5.98. The summed E-state index contributed by atoms with van der Waals surface area (Å²) in [5, 5.41) is 12.0. The van der Waals surface area contributed by atoms with E-state index in [9.17, 15) is 14.7 Å². The first-order chi connectivity index (χ1) is 10.9. The van der Waals surface area contributed by atoms with Crippen molar-refractivity contribution in [3.63, 3.8) is 0 Å². The molecule has 0 bridgehead atoms. The van der Waals surface area contributed by atoms with Gasteiger partial charge in [0.1, 0.15) is 5.75 Å². The van der Waals surface area contributed by atoms with Crippen LogP contribution in [0.3, 0.4) is 0 Å². The van der Waals surface area contributed by atoms with Crippen molar-refractivity contribution in [2.75, 3.05) is 7.11 Å². The number of thiophene rings is 1. The van der Waals surface area contributed by atoms with E-state index in [0.29, 0.717) is 11.3 Å². The van der Waals surface area contributed by atoms with Crippen LogP contribution in [-0.2, 0) is 9.59 Å². The van der Waals surface area contributed by atoms with E-state index in [4.69, 9.17) is 4.74 Å². The van der Waals surface area contributed by atoms with Gasteiger partial charge in [0.15, 0.2) is 6.04 Å². The zero-order chi connectivity index (χ0) is 17.0. The minimum Gasteiger partial charge on any atom is -0.497 e. The second-order valence-corrected chi connectivity index (χ2v) is 7.41. The molecule has 1 heterocycles. The number of carbonyl (C=O) groups excluding carboxylic acids is 1. The van der Waals surface area contributed by atoms with Crippen LogP contribution in [-0.4, -0.2) is 24.1 Å². The molecule has 1 aromatic carbocycles. The zero-order valence-corrected chi connectivity index (χ0v) is 15.0. The highest BCUT2D eigenvalue weighted by Gasteiger charge is 2.26. The van der Waals surface area contributed by atoms with E-state index in [1.54, 1.807) is 31.2 Å². The summed E-state index contributed by atoms with van der Waals surface area (Å²) in [6, 6.07) is 9.20. The van der Waals surface area contributed by atoms with Gasteiger partial charge in [-0.15, -0.1) is 11.3 Å². The van der Waals surface area contributed by atoms with Crippen LogP contribution in [0.1, 0.15) is 29.3 Å². The van der Waals surface area contributed by atoms with E-state index in [1.807, 2.05) is 12.1 Å². The number of carbonyl (C=O) groups is 2. The first-order valence-corrected chi connectivity index (χ1v) is 8.45. The molecule has 0 saturated carbocycles. The third-order valence-corrected chi connectivity index (χ3v) is 5.20. The number of ether oxygens (including phenoxy) is 1. The molecule has 0 spiro atoms. The highest BCUT2D eigenvalue weighted by atomic mass is 79.9. The van der Waals surface area contributed by atoms with Gasteiger partial charge in [0.05, 0.1) is 16.8 Å². The fraction of sp³-hybridized carbons (Fsp3) is 0.250. The summed E-state index contributed by atoms with van der Waals surface area (Å²) in [5.41, 5.74) is 0.492. The Hall–Kier alpha value is -1.86. The maximum atomic E-state index is 12.4. The lowest BCUT2D eigenvalue weighted by Crippen LogP contribution is -2.36. The lowest BCUT2D eigenvalue weighted by molar-refractivity contribution is -0.142.